The van der Waals surface area contributed by atoms with Gasteiger partial charge >= 0.3 is 0 Å². The predicted molar refractivity (Wildman–Crippen MR) is 99.0 cm³/mol. The molecule has 1 atom stereocenters. The number of aliphatic hydroxyl groups is 1. The van der Waals surface area contributed by atoms with E-state index in [4.69, 9.17) is 9.47 Å². The molecule has 3 nitrogen and oxygen atoms in total. The average Bonchev–Trinajstić information content (AvgIpc) is 2.67. The van der Waals surface area contributed by atoms with Crippen molar-refractivity contribution in [3.63, 3.8) is 0 Å². The van der Waals surface area contributed by atoms with E-state index in [0.717, 1.165) is 22.3 Å². The average molecular weight is 334 g/mol. The fourth-order valence-corrected chi connectivity index (χ4v) is 2.65. The predicted octanol–water partition coefficient (Wildman–Crippen LogP) is 4.66. The molecule has 0 saturated heterocycles. The summed E-state index contributed by atoms with van der Waals surface area (Å²) < 4.78 is 11.3. The first-order chi connectivity index (χ1) is 12.2. The summed E-state index contributed by atoms with van der Waals surface area (Å²) in [6.07, 6.45) is -0.697. The summed E-state index contributed by atoms with van der Waals surface area (Å²) in [7, 11) is 1.60. The van der Waals surface area contributed by atoms with Crippen molar-refractivity contribution in [2.45, 2.75) is 19.6 Å². The van der Waals surface area contributed by atoms with Crippen LogP contribution in [0.4, 0.5) is 0 Å². The number of aliphatic hydroxyl groups excluding tert-OH is 1. The van der Waals surface area contributed by atoms with Gasteiger partial charge in [-0.3, -0.25) is 0 Å². The van der Waals surface area contributed by atoms with Crippen LogP contribution in [0.5, 0.6) is 11.5 Å². The van der Waals surface area contributed by atoms with Gasteiger partial charge in [0.25, 0.3) is 0 Å². The molecule has 0 amide bonds. The van der Waals surface area contributed by atoms with Gasteiger partial charge in [0.1, 0.15) is 12.7 Å². The van der Waals surface area contributed by atoms with E-state index in [9.17, 15) is 5.11 Å². The quantitative estimate of drug-likeness (QED) is 0.712. The molecule has 3 heteroatoms. The number of hydrogen-bond donors (Lipinski definition) is 1. The van der Waals surface area contributed by atoms with Crippen LogP contribution in [0.25, 0.3) is 0 Å². The SMILES string of the molecule is COc1cc([C@@H](O)c2ccc(C)cc2)ccc1OCc1ccccc1. The zero-order valence-electron chi connectivity index (χ0n) is 14.5. The normalized spacial score (nSPS) is 11.8. The fourth-order valence-electron chi connectivity index (χ4n) is 2.65. The third-order valence-corrected chi connectivity index (χ3v) is 4.13. The van der Waals surface area contributed by atoms with Gasteiger partial charge in [-0.1, -0.05) is 66.2 Å². The minimum absolute atomic E-state index is 0.469. The van der Waals surface area contributed by atoms with E-state index < -0.39 is 6.10 Å². The molecule has 128 valence electrons. The van der Waals surface area contributed by atoms with Crippen molar-refractivity contribution in [2.75, 3.05) is 7.11 Å². The van der Waals surface area contributed by atoms with Crippen molar-refractivity contribution >= 4 is 0 Å². The highest BCUT2D eigenvalue weighted by Gasteiger charge is 2.14. The Hall–Kier alpha value is -2.78. The first-order valence-corrected chi connectivity index (χ1v) is 8.26. The number of aryl methyl sites for hydroxylation is 1. The lowest BCUT2D eigenvalue weighted by Gasteiger charge is -2.16. The van der Waals surface area contributed by atoms with E-state index in [2.05, 4.69) is 0 Å². The molecule has 0 saturated carbocycles. The van der Waals surface area contributed by atoms with Crippen LogP contribution < -0.4 is 9.47 Å². The van der Waals surface area contributed by atoms with E-state index in [1.54, 1.807) is 7.11 Å². The Bertz CT molecular complexity index is 810. The minimum Gasteiger partial charge on any atom is -0.493 e. The maximum Gasteiger partial charge on any atom is 0.161 e. The van der Waals surface area contributed by atoms with Crippen molar-refractivity contribution in [3.05, 3.63) is 95.1 Å². The highest BCUT2D eigenvalue weighted by atomic mass is 16.5. The van der Waals surface area contributed by atoms with Crippen LogP contribution in [0, 0.1) is 6.92 Å². The molecule has 3 aromatic rings. The number of methoxy groups -OCH3 is 1. The molecule has 0 radical (unpaired) electrons. The fraction of sp³-hybridized carbons (Fsp3) is 0.182. The number of hydrogen-bond acceptors (Lipinski definition) is 3. The lowest BCUT2D eigenvalue weighted by Crippen LogP contribution is -2.02. The molecule has 1 N–H and O–H groups in total. The number of rotatable bonds is 6. The van der Waals surface area contributed by atoms with Gasteiger partial charge in [0.15, 0.2) is 11.5 Å². The second-order valence-electron chi connectivity index (χ2n) is 6.00. The maximum absolute atomic E-state index is 10.6. The highest BCUT2D eigenvalue weighted by Crippen LogP contribution is 2.33. The smallest absolute Gasteiger partial charge is 0.161 e. The molecule has 0 aliphatic rings. The lowest BCUT2D eigenvalue weighted by atomic mass is 10.0. The molecule has 3 aromatic carbocycles. The first-order valence-electron chi connectivity index (χ1n) is 8.26. The number of ether oxygens (including phenoxy) is 2. The molecule has 0 fully saturated rings. The van der Waals surface area contributed by atoms with Crippen molar-refractivity contribution < 1.29 is 14.6 Å². The molecule has 0 spiro atoms. The molecule has 0 aromatic heterocycles. The first kappa shape index (κ1) is 17.1. The molecule has 0 aliphatic carbocycles. The Labute approximate surface area is 148 Å². The number of benzene rings is 3. The van der Waals surface area contributed by atoms with Crippen LogP contribution in [0.3, 0.4) is 0 Å². The highest BCUT2D eigenvalue weighted by molar-refractivity contribution is 5.45. The minimum atomic E-state index is -0.697. The van der Waals surface area contributed by atoms with Gasteiger partial charge in [0.2, 0.25) is 0 Å². The topological polar surface area (TPSA) is 38.7 Å². The third kappa shape index (κ3) is 4.20. The van der Waals surface area contributed by atoms with Gasteiger partial charge in [-0.05, 0) is 35.7 Å². The van der Waals surface area contributed by atoms with Crippen LogP contribution in [-0.4, -0.2) is 12.2 Å². The second-order valence-corrected chi connectivity index (χ2v) is 6.00. The van der Waals surface area contributed by atoms with E-state index in [-0.39, 0.29) is 0 Å². The van der Waals surface area contributed by atoms with Gasteiger partial charge in [-0.15, -0.1) is 0 Å². The summed E-state index contributed by atoms with van der Waals surface area (Å²) in [6, 6.07) is 23.4. The Morgan fingerprint density at radius 2 is 1.52 bits per heavy atom. The monoisotopic (exact) mass is 334 g/mol. The van der Waals surface area contributed by atoms with Gasteiger partial charge < -0.3 is 14.6 Å². The van der Waals surface area contributed by atoms with Gasteiger partial charge in [-0.2, -0.15) is 0 Å². The second kappa shape index (κ2) is 7.86. The van der Waals surface area contributed by atoms with Crippen molar-refractivity contribution in [1.29, 1.82) is 0 Å². The molecule has 25 heavy (non-hydrogen) atoms. The van der Waals surface area contributed by atoms with Crippen molar-refractivity contribution in [2.24, 2.45) is 0 Å². The summed E-state index contributed by atoms with van der Waals surface area (Å²) in [5.41, 5.74) is 3.88. The van der Waals surface area contributed by atoms with Crippen molar-refractivity contribution in [3.8, 4) is 11.5 Å². The van der Waals surface area contributed by atoms with Crippen LogP contribution in [0.1, 0.15) is 28.4 Å². The zero-order chi connectivity index (χ0) is 17.6. The molecule has 0 heterocycles. The zero-order valence-corrected chi connectivity index (χ0v) is 14.5. The summed E-state index contributed by atoms with van der Waals surface area (Å²) in [5, 5.41) is 10.6. The van der Waals surface area contributed by atoms with Crippen LogP contribution in [-0.2, 0) is 6.61 Å². The molecule has 0 aliphatic heterocycles. The summed E-state index contributed by atoms with van der Waals surface area (Å²) in [4.78, 5) is 0. The van der Waals surface area contributed by atoms with Crippen LogP contribution in [0.15, 0.2) is 72.8 Å². The third-order valence-electron chi connectivity index (χ3n) is 4.13. The summed E-state index contributed by atoms with van der Waals surface area (Å²) >= 11 is 0. The van der Waals surface area contributed by atoms with Gasteiger partial charge in [0, 0.05) is 0 Å². The summed E-state index contributed by atoms with van der Waals surface area (Å²) in [5.74, 6) is 1.27. The van der Waals surface area contributed by atoms with E-state index in [0.29, 0.717) is 18.1 Å². The lowest BCUT2D eigenvalue weighted by molar-refractivity contribution is 0.219. The summed E-state index contributed by atoms with van der Waals surface area (Å²) in [6.45, 7) is 2.50. The molecular weight excluding hydrogens is 312 g/mol. The Morgan fingerprint density at radius 3 is 2.20 bits per heavy atom. The van der Waals surface area contributed by atoms with Gasteiger partial charge in [0.05, 0.1) is 7.11 Å². The molecular formula is C22H22O3. The molecule has 0 bridgehead atoms. The Balaban J connectivity index is 1.78. The largest absolute Gasteiger partial charge is 0.493 e. The molecule has 3 rings (SSSR count). The molecule has 0 unspecified atom stereocenters. The van der Waals surface area contributed by atoms with Crippen LogP contribution in [0.2, 0.25) is 0 Å². The van der Waals surface area contributed by atoms with E-state index in [1.165, 1.54) is 0 Å². The van der Waals surface area contributed by atoms with Crippen LogP contribution >= 0.6 is 0 Å². The van der Waals surface area contributed by atoms with E-state index >= 15 is 0 Å². The Kier molecular flexibility index (Phi) is 5.36. The van der Waals surface area contributed by atoms with Crippen molar-refractivity contribution in [1.82, 2.24) is 0 Å². The van der Waals surface area contributed by atoms with Gasteiger partial charge in [-0.25, -0.2) is 0 Å². The van der Waals surface area contributed by atoms with E-state index in [1.807, 2.05) is 79.7 Å². The Morgan fingerprint density at radius 1 is 0.840 bits per heavy atom. The standard InChI is InChI=1S/C22H22O3/c1-16-8-10-18(11-9-16)22(23)19-12-13-20(21(14-19)24-2)25-15-17-6-4-3-5-7-17/h3-14,22-23H,15H2,1-2H3/t22-/m0/s1. The maximum atomic E-state index is 10.6.